The average Bonchev–Trinajstić information content (AvgIpc) is 2.49. The Balaban J connectivity index is 1.63. The molecule has 0 saturated carbocycles. The van der Waals surface area contributed by atoms with E-state index < -0.39 is 0 Å². The van der Waals surface area contributed by atoms with Gasteiger partial charge in [0.1, 0.15) is 5.75 Å². The molecule has 2 atom stereocenters. The van der Waals surface area contributed by atoms with Gasteiger partial charge in [0.25, 0.3) is 0 Å². The van der Waals surface area contributed by atoms with Gasteiger partial charge in [0.05, 0.1) is 7.11 Å². The summed E-state index contributed by atoms with van der Waals surface area (Å²) in [5, 5.41) is 0. The molecule has 2 saturated heterocycles. The van der Waals surface area contributed by atoms with E-state index >= 15 is 0 Å². The lowest BCUT2D eigenvalue weighted by Crippen LogP contribution is -2.58. The summed E-state index contributed by atoms with van der Waals surface area (Å²) in [6.45, 7) is 7.21. The fraction of sp³-hybridized carbons (Fsp3) is 0.647. The summed E-state index contributed by atoms with van der Waals surface area (Å²) in [5.74, 6) is 0.943. The zero-order valence-electron chi connectivity index (χ0n) is 12.7. The molecule has 1 aromatic rings. The summed E-state index contributed by atoms with van der Waals surface area (Å²) in [4.78, 5) is 5.35. The Morgan fingerprint density at radius 1 is 1.15 bits per heavy atom. The molecule has 3 rings (SSSR count). The van der Waals surface area contributed by atoms with Crippen LogP contribution in [0.25, 0.3) is 0 Å². The zero-order chi connectivity index (χ0) is 13.9. The zero-order valence-corrected chi connectivity index (χ0v) is 12.7. The van der Waals surface area contributed by atoms with E-state index in [0.29, 0.717) is 6.04 Å². The molecule has 0 aliphatic carbocycles. The lowest BCUT2D eigenvalue weighted by Gasteiger charge is -2.47. The molecule has 2 aliphatic heterocycles. The highest BCUT2D eigenvalue weighted by Crippen LogP contribution is 2.25. The minimum absolute atomic E-state index is 0.659. The van der Waals surface area contributed by atoms with Crippen LogP contribution in [0.1, 0.15) is 31.7 Å². The van der Waals surface area contributed by atoms with Crippen molar-refractivity contribution in [1.82, 2.24) is 9.80 Å². The number of hydrogen-bond donors (Lipinski definition) is 0. The van der Waals surface area contributed by atoms with Crippen molar-refractivity contribution in [2.45, 2.75) is 44.8 Å². The molecule has 0 bridgehead atoms. The van der Waals surface area contributed by atoms with E-state index in [2.05, 4.69) is 41.0 Å². The van der Waals surface area contributed by atoms with Gasteiger partial charge in [0.15, 0.2) is 0 Å². The van der Waals surface area contributed by atoms with Gasteiger partial charge in [-0.15, -0.1) is 0 Å². The molecule has 0 N–H and O–H groups in total. The molecule has 3 heteroatoms. The molecule has 20 heavy (non-hydrogen) atoms. The summed E-state index contributed by atoms with van der Waals surface area (Å²) < 4.78 is 5.23. The van der Waals surface area contributed by atoms with Crippen molar-refractivity contribution in [3.63, 3.8) is 0 Å². The minimum Gasteiger partial charge on any atom is -0.497 e. The van der Waals surface area contributed by atoms with Gasteiger partial charge in [-0.05, 0) is 44.0 Å². The number of piperidine rings is 1. The van der Waals surface area contributed by atoms with Crippen molar-refractivity contribution in [1.29, 1.82) is 0 Å². The predicted octanol–water partition coefficient (Wildman–Crippen LogP) is 2.75. The van der Waals surface area contributed by atoms with Crippen LogP contribution >= 0.6 is 0 Å². The highest BCUT2D eigenvalue weighted by molar-refractivity contribution is 5.27. The first kappa shape index (κ1) is 13.9. The first-order valence-corrected chi connectivity index (χ1v) is 7.87. The summed E-state index contributed by atoms with van der Waals surface area (Å²) in [5.41, 5.74) is 1.39. The smallest absolute Gasteiger partial charge is 0.118 e. The fourth-order valence-corrected chi connectivity index (χ4v) is 3.60. The molecule has 2 aliphatic rings. The molecule has 110 valence electrons. The van der Waals surface area contributed by atoms with Crippen molar-refractivity contribution in [2.24, 2.45) is 0 Å². The van der Waals surface area contributed by atoms with Crippen LogP contribution in [0.15, 0.2) is 24.3 Å². The predicted molar refractivity (Wildman–Crippen MR) is 82.1 cm³/mol. The quantitative estimate of drug-likeness (QED) is 0.843. The van der Waals surface area contributed by atoms with Crippen LogP contribution in [-0.2, 0) is 6.54 Å². The maximum absolute atomic E-state index is 5.23. The van der Waals surface area contributed by atoms with Gasteiger partial charge >= 0.3 is 0 Å². The largest absolute Gasteiger partial charge is 0.497 e. The summed E-state index contributed by atoms with van der Waals surface area (Å²) in [6, 6.07) is 9.97. The molecule has 2 fully saturated rings. The highest BCUT2D eigenvalue weighted by Gasteiger charge is 2.32. The van der Waals surface area contributed by atoms with E-state index in [1.807, 2.05) is 0 Å². The lowest BCUT2D eigenvalue weighted by atomic mass is 9.97. The van der Waals surface area contributed by atoms with E-state index in [4.69, 9.17) is 4.74 Å². The number of methoxy groups -OCH3 is 1. The molecule has 0 radical (unpaired) electrons. The Hall–Kier alpha value is -1.06. The van der Waals surface area contributed by atoms with Gasteiger partial charge in [-0.3, -0.25) is 9.80 Å². The SMILES string of the molecule is COc1ccc(CN2CC3CCCCN3CC2C)cc1. The van der Waals surface area contributed by atoms with Crippen molar-refractivity contribution in [3.05, 3.63) is 29.8 Å². The monoisotopic (exact) mass is 274 g/mol. The third-order valence-corrected chi connectivity index (χ3v) is 4.86. The number of fused-ring (bicyclic) bond motifs is 1. The van der Waals surface area contributed by atoms with Crippen LogP contribution in [0.5, 0.6) is 5.75 Å². The van der Waals surface area contributed by atoms with Crippen LogP contribution in [-0.4, -0.2) is 48.6 Å². The molecule has 3 nitrogen and oxygen atoms in total. The Morgan fingerprint density at radius 2 is 1.95 bits per heavy atom. The normalized spacial score (nSPS) is 28.1. The molecule has 0 aromatic heterocycles. The van der Waals surface area contributed by atoms with E-state index in [0.717, 1.165) is 18.3 Å². The molecule has 2 unspecified atom stereocenters. The van der Waals surface area contributed by atoms with E-state index in [1.54, 1.807) is 7.11 Å². The molecule has 0 spiro atoms. The van der Waals surface area contributed by atoms with Gasteiger partial charge < -0.3 is 4.74 Å². The number of hydrogen-bond acceptors (Lipinski definition) is 3. The number of piperazine rings is 1. The molecular weight excluding hydrogens is 248 g/mol. The highest BCUT2D eigenvalue weighted by atomic mass is 16.5. The Morgan fingerprint density at radius 3 is 2.70 bits per heavy atom. The van der Waals surface area contributed by atoms with Crippen molar-refractivity contribution >= 4 is 0 Å². The summed E-state index contributed by atoms with van der Waals surface area (Å²) in [6.07, 6.45) is 4.18. The third-order valence-electron chi connectivity index (χ3n) is 4.86. The topological polar surface area (TPSA) is 15.7 Å². The van der Waals surface area contributed by atoms with Gasteiger partial charge in [-0.1, -0.05) is 18.6 Å². The molecule has 1 aromatic carbocycles. The van der Waals surface area contributed by atoms with Gasteiger partial charge in [0, 0.05) is 31.7 Å². The van der Waals surface area contributed by atoms with Crippen molar-refractivity contribution in [2.75, 3.05) is 26.7 Å². The van der Waals surface area contributed by atoms with Gasteiger partial charge in [0.2, 0.25) is 0 Å². The molecule has 0 amide bonds. The summed E-state index contributed by atoms with van der Waals surface area (Å²) in [7, 11) is 1.72. The van der Waals surface area contributed by atoms with Crippen LogP contribution < -0.4 is 4.74 Å². The second-order valence-electron chi connectivity index (χ2n) is 6.27. The Labute approximate surface area is 122 Å². The van der Waals surface area contributed by atoms with Crippen molar-refractivity contribution < 1.29 is 4.74 Å². The van der Waals surface area contributed by atoms with Crippen LogP contribution in [0.4, 0.5) is 0 Å². The summed E-state index contributed by atoms with van der Waals surface area (Å²) >= 11 is 0. The first-order chi connectivity index (χ1) is 9.76. The number of rotatable bonds is 3. The van der Waals surface area contributed by atoms with Crippen LogP contribution in [0, 0.1) is 0 Å². The van der Waals surface area contributed by atoms with E-state index in [1.165, 1.54) is 44.5 Å². The second kappa shape index (κ2) is 6.15. The number of ether oxygens (including phenoxy) is 1. The first-order valence-electron chi connectivity index (χ1n) is 7.87. The van der Waals surface area contributed by atoms with E-state index in [-0.39, 0.29) is 0 Å². The van der Waals surface area contributed by atoms with Crippen LogP contribution in [0.2, 0.25) is 0 Å². The number of benzene rings is 1. The fourth-order valence-electron chi connectivity index (χ4n) is 3.60. The Bertz CT molecular complexity index is 431. The average molecular weight is 274 g/mol. The van der Waals surface area contributed by atoms with Gasteiger partial charge in [-0.25, -0.2) is 0 Å². The maximum Gasteiger partial charge on any atom is 0.118 e. The minimum atomic E-state index is 0.659. The second-order valence-corrected chi connectivity index (χ2v) is 6.27. The lowest BCUT2D eigenvalue weighted by molar-refractivity contribution is 0.0111. The Kier molecular flexibility index (Phi) is 4.27. The maximum atomic E-state index is 5.23. The number of nitrogens with zero attached hydrogens (tertiary/aromatic N) is 2. The standard InChI is InChI=1S/C17H26N2O/c1-14-11-18-10-4-3-5-16(18)13-19(14)12-15-6-8-17(20-2)9-7-15/h6-9,14,16H,3-5,10-13H2,1-2H3. The molecule has 2 heterocycles. The van der Waals surface area contributed by atoms with Crippen molar-refractivity contribution in [3.8, 4) is 5.75 Å². The van der Waals surface area contributed by atoms with E-state index in [9.17, 15) is 0 Å². The molecular formula is C17H26N2O. The third kappa shape index (κ3) is 2.99. The van der Waals surface area contributed by atoms with Crippen LogP contribution in [0.3, 0.4) is 0 Å². The van der Waals surface area contributed by atoms with Gasteiger partial charge in [-0.2, -0.15) is 0 Å².